The van der Waals surface area contributed by atoms with Crippen LogP contribution in [-0.4, -0.2) is 61.4 Å². The van der Waals surface area contributed by atoms with Crippen molar-refractivity contribution in [2.24, 2.45) is 11.8 Å². The largest absolute Gasteiger partial charge is 0.345 e. The van der Waals surface area contributed by atoms with Gasteiger partial charge in [0, 0.05) is 32.2 Å². The number of carbonyl (C=O) groups is 2. The summed E-state index contributed by atoms with van der Waals surface area (Å²) in [5.74, 6) is 0.682. The Labute approximate surface area is 198 Å². The molecule has 0 radical (unpaired) electrons. The Hall–Kier alpha value is -2.66. The normalized spacial score (nSPS) is 19.8. The van der Waals surface area contributed by atoms with Crippen molar-refractivity contribution in [1.29, 1.82) is 0 Å². The zero-order valence-corrected chi connectivity index (χ0v) is 20.1. The van der Waals surface area contributed by atoms with Crippen molar-refractivity contribution in [3.8, 4) is 0 Å². The van der Waals surface area contributed by atoms with E-state index in [-0.39, 0.29) is 17.7 Å². The maximum absolute atomic E-state index is 13.4. The number of nitrogens with zero attached hydrogens (tertiary/aromatic N) is 3. The summed E-state index contributed by atoms with van der Waals surface area (Å²) in [6.07, 6.45) is 4.93. The summed E-state index contributed by atoms with van der Waals surface area (Å²) in [7, 11) is 1.79. The Morgan fingerprint density at radius 2 is 1.73 bits per heavy atom. The molecule has 0 saturated carbocycles. The van der Waals surface area contributed by atoms with E-state index < -0.39 is 0 Å². The number of aryl methyl sites for hydroxylation is 1. The molecular weight excluding hydrogens is 410 g/mol. The summed E-state index contributed by atoms with van der Waals surface area (Å²) >= 11 is 0. The summed E-state index contributed by atoms with van der Waals surface area (Å²) in [5.41, 5.74) is 3.52. The molecule has 0 bridgehead atoms. The Morgan fingerprint density at radius 1 is 1.03 bits per heavy atom. The minimum absolute atomic E-state index is 0.0662. The van der Waals surface area contributed by atoms with E-state index in [2.05, 4.69) is 48.2 Å². The van der Waals surface area contributed by atoms with E-state index in [0.717, 1.165) is 43.2 Å². The first-order valence-electron chi connectivity index (χ1n) is 12.4. The smallest absolute Gasteiger partial charge is 0.232 e. The summed E-state index contributed by atoms with van der Waals surface area (Å²) in [6, 6.07) is 18.9. The third kappa shape index (κ3) is 6.02. The van der Waals surface area contributed by atoms with Crippen molar-refractivity contribution in [2.75, 3.05) is 44.7 Å². The van der Waals surface area contributed by atoms with Crippen molar-refractivity contribution in [1.82, 2.24) is 9.80 Å². The van der Waals surface area contributed by atoms with E-state index in [9.17, 15) is 9.59 Å². The van der Waals surface area contributed by atoms with Crippen LogP contribution in [0.1, 0.15) is 36.8 Å². The molecule has 4 rings (SSSR count). The molecule has 5 nitrogen and oxygen atoms in total. The van der Waals surface area contributed by atoms with Gasteiger partial charge in [-0.05, 0) is 75.4 Å². The fraction of sp³-hybridized carbons (Fsp3) is 0.500. The molecule has 5 heteroatoms. The van der Waals surface area contributed by atoms with Gasteiger partial charge >= 0.3 is 0 Å². The molecule has 2 aliphatic heterocycles. The molecule has 2 saturated heterocycles. The predicted molar refractivity (Wildman–Crippen MR) is 133 cm³/mol. The first kappa shape index (κ1) is 23.5. The van der Waals surface area contributed by atoms with Crippen LogP contribution in [0.3, 0.4) is 0 Å². The number of hydrogen-bond donors (Lipinski definition) is 0. The van der Waals surface area contributed by atoms with Crippen LogP contribution >= 0.6 is 0 Å². The van der Waals surface area contributed by atoms with Crippen LogP contribution in [0.2, 0.25) is 0 Å². The monoisotopic (exact) mass is 447 g/mol. The molecule has 0 aliphatic carbocycles. The minimum Gasteiger partial charge on any atom is -0.345 e. The number of anilines is 1. The van der Waals surface area contributed by atoms with Gasteiger partial charge in [0.2, 0.25) is 11.8 Å². The van der Waals surface area contributed by atoms with Crippen molar-refractivity contribution < 1.29 is 9.59 Å². The second kappa shape index (κ2) is 11.0. The Bertz CT molecular complexity index is 937. The Balaban J connectivity index is 1.31. The Kier molecular flexibility index (Phi) is 7.81. The summed E-state index contributed by atoms with van der Waals surface area (Å²) in [5, 5.41) is 0. The van der Waals surface area contributed by atoms with Crippen molar-refractivity contribution in [3.63, 3.8) is 0 Å². The van der Waals surface area contributed by atoms with E-state index in [0.29, 0.717) is 19.5 Å². The van der Waals surface area contributed by atoms with Gasteiger partial charge in [-0.2, -0.15) is 0 Å². The molecule has 0 spiro atoms. The summed E-state index contributed by atoms with van der Waals surface area (Å²) < 4.78 is 0. The third-order valence-corrected chi connectivity index (χ3v) is 7.29. The van der Waals surface area contributed by atoms with E-state index in [1.165, 1.54) is 24.8 Å². The molecule has 2 aliphatic rings. The van der Waals surface area contributed by atoms with Gasteiger partial charge in [-0.1, -0.05) is 48.5 Å². The van der Waals surface area contributed by atoms with Crippen LogP contribution in [0.5, 0.6) is 0 Å². The van der Waals surface area contributed by atoms with E-state index >= 15 is 0 Å². The van der Waals surface area contributed by atoms with Gasteiger partial charge in [0.05, 0.1) is 5.92 Å². The molecule has 2 amide bonds. The summed E-state index contributed by atoms with van der Waals surface area (Å²) in [6.45, 7) is 6.56. The van der Waals surface area contributed by atoms with Crippen LogP contribution in [0.4, 0.5) is 5.69 Å². The van der Waals surface area contributed by atoms with Gasteiger partial charge in [0.25, 0.3) is 0 Å². The molecule has 0 N–H and O–H groups in total. The number of amides is 2. The van der Waals surface area contributed by atoms with Gasteiger partial charge in [0.1, 0.15) is 0 Å². The van der Waals surface area contributed by atoms with Crippen molar-refractivity contribution in [3.05, 3.63) is 65.7 Å². The fourth-order valence-electron chi connectivity index (χ4n) is 5.28. The molecule has 2 heterocycles. The maximum atomic E-state index is 13.4. The van der Waals surface area contributed by atoms with Crippen LogP contribution in [0, 0.1) is 18.8 Å². The maximum Gasteiger partial charge on any atom is 0.232 e. The van der Waals surface area contributed by atoms with Crippen molar-refractivity contribution in [2.45, 2.75) is 39.0 Å². The summed E-state index contributed by atoms with van der Waals surface area (Å²) in [4.78, 5) is 31.6. The average molecular weight is 448 g/mol. The number of hydrogen-bond acceptors (Lipinski definition) is 3. The minimum atomic E-state index is -0.240. The third-order valence-electron chi connectivity index (χ3n) is 7.29. The predicted octanol–water partition coefficient (Wildman–Crippen LogP) is 4.15. The highest BCUT2D eigenvalue weighted by molar-refractivity contribution is 5.99. The molecule has 2 fully saturated rings. The molecule has 1 atom stereocenters. The highest BCUT2D eigenvalue weighted by Gasteiger charge is 2.35. The first-order valence-corrected chi connectivity index (χ1v) is 12.4. The molecule has 176 valence electrons. The topological polar surface area (TPSA) is 43.9 Å². The van der Waals surface area contributed by atoms with Gasteiger partial charge in [0.15, 0.2) is 0 Å². The average Bonchev–Trinajstić information content (AvgIpc) is 3.17. The molecule has 2 aromatic carbocycles. The van der Waals surface area contributed by atoms with Gasteiger partial charge in [-0.15, -0.1) is 0 Å². The lowest BCUT2D eigenvalue weighted by Gasteiger charge is -2.33. The lowest BCUT2D eigenvalue weighted by Crippen LogP contribution is -2.40. The highest BCUT2D eigenvalue weighted by Crippen LogP contribution is 2.26. The number of benzene rings is 2. The zero-order valence-electron chi connectivity index (χ0n) is 20.1. The van der Waals surface area contributed by atoms with Crippen LogP contribution in [-0.2, 0) is 16.0 Å². The van der Waals surface area contributed by atoms with E-state index in [1.807, 2.05) is 23.1 Å². The SMILES string of the molecule is Cc1ccccc1N(CCCN1CCC(Cc2ccccc2)CC1)C(=O)C1CC(=O)N(C)C1. The first-order chi connectivity index (χ1) is 16.0. The van der Waals surface area contributed by atoms with Crippen LogP contribution in [0.15, 0.2) is 54.6 Å². The standard InChI is InChI=1S/C28H37N3O2/c1-22-9-6-7-12-26(22)31(28(33)25-20-27(32)29(2)21-25)16-8-15-30-17-13-24(14-18-30)19-23-10-4-3-5-11-23/h3-7,9-12,24-25H,8,13-21H2,1-2H3. The molecule has 0 aromatic heterocycles. The van der Waals surface area contributed by atoms with Crippen molar-refractivity contribution >= 4 is 17.5 Å². The van der Waals surface area contributed by atoms with Gasteiger partial charge in [-0.25, -0.2) is 0 Å². The highest BCUT2D eigenvalue weighted by atomic mass is 16.2. The number of rotatable bonds is 8. The number of piperidine rings is 1. The molecule has 2 aromatic rings. The molecule has 1 unspecified atom stereocenters. The number of likely N-dealkylation sites (tertiary alicyclic amines) is 2. The second-order valence-corrected chi connectivity index (χ2v) is 9.78. The molecule has 33 heavy (non-hydrogen) atoms. The second-order valence-electron chi connectivity index (χ2n) is 9.78. The quantitative estimate of drug-likeness (QED) is 0.611. The van der Waals surface area contributed by atoms with Crippen LogP contribution in [0.25, 0.3) is 0 Å². The van der Waals surface area contributed by atoms with Gasteiger partial charge < -0.3 is 14.7 Å². The van der Waals surface area contributed by atoms with E-state index in [1.54, 1.807) is 11.9 Å². The Morgan fingerprint density at radius 3 is 2.39 bits per heavy atom. The van der Waals surface area contributed by atoms with E-state index in [4.69, 9.17) is 0 Å². The fourth-order valence-corrected chi connectivity index (χ4v) is 5.28. The lowest BCUT2D eigenvalue weighted by molar-refractivity contribution is -0.127. The van der Waals surface area contributed by atoms with Crippen LogP contribution < -0.4 is 4.90 Å². The number of para-hydroxylation sites is 1. The zero-order chi connectivity index (χ0) is 23.2. The van der Waals surface area contributed by atoms with Gasteiger partial charge in [-0.3, -0.25) is 9.59 Å². The number of carbonyl (C=O) groups excluding carboxylic acids is 2. The lowest BCUT2D eigenvalue weighted by atomic mass is 9.90. The molecular formula is C28H37N3O2.